The minimum Gasteiger partial charge on any atom is -0.462 e. The van der Waals surface area contributed by atoms with E-state index in [2.05, 4.69) is 66.7 Å². The van der Waals surface area contributed by atoms with Crippen molar-refractivity contribution in [1.29, 1.82) is 0 Å². The van der Waals surface area contributed by atoms with Crippen LogP contribution in [0.15, 0.2) is 36.5 Å². The molecule has 0 radical (unpaired) electrons. The Hall–Kier alpha value is -3.43. The number of aliphatic hydroxyl groups is 4. The largest absolute Gasteiger partial charge is 0.462 e. The Kier molecular flexibility index (Phi) is 65.0. The fourth-order valence-electron chi connectivity index (χ4n) is 8.24. The van der Waals surface area contributed by atoms with E-state index in [1.54, 1.807) is 7.11 Å². The zero-order chi connectivity index (χ0) is 58.4. The smallest absolute Gasteiger partial charge is 0.310 e. The molecule has 0 heterocycles. The molecule has 0 aliphatic carbocycles. The molecule has 14 nitrogen and oxygen atoms in total. The predicted molar refractivity (Wildman–Crippen MR) is 316 cm³/mol. The summed E-state index contributed by atoms with van der Waals surface area (Å²) >= 11 is 0. The second-order valence-corrected chi connectivity index (χ2v) is 20.8. The first-order valence-electron chi connectivity index (χ1n) is 31.0. The number of carbonyl (C=O) groups is 5. The van der Waals surface area contributed by atoms with Crippen molar-refractivity contribution >= 4 is 29.8 Å². The standard InChI is InChI=1S/C57H104O9.C4H6O3.C3H8O2/c1-4-7-10-31-40-51(58)43-34-25-19-13-16-22-28-37-46-55(61)64-49-54(66-57(63)48-39-30-24-18-15-21-27-36-45-53(60)42-33-12-9-6-3)50-65-56(62)47-38-29-23-17-14-20-26-35-44-52(59)41-32-11-8-5-2;1-3(5)7-4(2)6;1-5-3-2-4/h25-27,34-36,51-54,58-60H,4-24,28-33,37-50H2,1-3H3;1-2H3;4H,2-3H2,1H3/b34-25+,35-26+,36-27+;;. The molecule has 78 heavy (non-hydrogen) atoms. The van der Waals surface area contributed by atoms with E-state index in [-0.39, 0.29) is 62.5 Å². The van der Waals surface area contributed by atoms with Gasteiger partial charge in [-0.3, -0.25) is 24.0 Å². The van der Waals surface area contributed by atoms with E-state index in [0.717, 1.165) is 167 Å². The van der Waals surface area contributed by atoms with Gasteiger partial charge in [0.05, 0.1) is 31.5 Å². The first-order chi connectivity index (χ1) is 37.7. The Morgan fingerprint density at radius 1 is 0.410 bits per heavy atom. The van der Waals surface area contributed by atoms with E-state index < -0.39 is 18.0 Å². The summed E-state index contributed by atoms with van der Waals surface area (Å²) in [5.41, 5.74) is 0. The van der Waals surface area contributed by atoms with E-state index >= 15 is 0 Å². The van der Waals surface area contributed by atoms with Crippen LogP contribution in [-0.4, -0.2) is 108 Å². The second-order valence-electron chi connectivity index (χ2n) is 20.8. The third-order valence-corrected chi connectivity index (χ3v) is 12.9. The summed E-state index contributed by atoms with van der Waals surface area (Å²) in [5, 5.41) is 38.3. The molecule has 14 heteroatoms. The summed E-state index contributed by atoms with van der Waals surface area (Å²) in [5.74, 6) is -2.17. The normalized spacial score (nSPS) is 12.8. The van der Waals surface area contributed by atoms with Gasteiger partial charge < -0.3 is 44.1 Å². The Morgan fingerprint density at radius 2 is 0.718 bits per heavy atom. The van der Waals surface area contributed by atoms with Gasteiger partial charge in [-0.2, -0.15) is 0 Å². The summed E-state index contributed by atoms with van der Waals surface area (Å²) in [4.78, 5) is 57.7. The molecule has 0 bridgehead atoms. The third-order valence-electron chi connectivity index (χ3n) is 12.9. The van der Waals surface area contributed by atoms with Crippen molar-refractivity contribution in [2.24, 2.45) is 0 Å². The molecular formula is C64H118O14. The molecule has 0 aliphatic heterocycles. The van der Waals surface area contributed by atoms with Crippen molar-refractivity contribution in [3.63, 3.8) is 0 Å². The Morgan fingerprint density at radius 3 is 1.00 bits per heavy atom. The lowest BCUT2D eigenvalue weighted by molar-refractivity contribution is -0.167. The lowest BCUT2D eigenvalue weighted by atomic mass is 10.1. The van der Waals surface area contributed by atoms with Gasteiger partial charge in [0, 0.05) is 40.2 Å². The number of hydrogen-bond donors (Lipinski definition) is 4. The molecule has 0 fully saturated rings. The number of esters is 5. The van der Waals surface area contributed by atoms with Crippen LogP contribution < -0.4 is 0 Å². The lowest BCUT2D eigenvalue weighted by Crippen LogP contribution is -2.30. The molecule has 3 atom stereocenters. The van der Waals surface area contributed by atoms with Crippen molar-refractivity contribution in [3.8, 4) is 0 Å². The topological polar surface area (TPSA) is 212 Å². The number of carbonyl (C=O) groups excluding carboxylic acids is 5. The molecule has 458 valence electrons. The van der Waals surface area contributed by atoms with Crippen molar-refractivity contribution in [2.45, 2.75) is 309 Å². The molecule has 0 aliphatic rings. The zero-order valence-corrected chi connectivity index (χ0v) is 50.6. The van der Waals surface area contributed by atoms with Gasteiger partial charge in [-0.05, 0) is 96.3 Å². The summed E-state index contributed by atoms with van der Waals surface area (Å²) in [6.45, 7) is 9.26. The molecule has 0 rings (SSSR count). The number of hydrogen-bond acceptors (Lipinski definition) is 14. The van der Waals surface area contributed by atoms with Gasteiger partial charge in [0.15, 0.2) is 6.10 Å². The zero-order valence-electron chi connectivity index (χ0n) is 50.6. The van der Waals surface area contributed by atoms with E-state index in [9.17, 15) is 39.3 Å². The van der Waals surface area contributed by atoms with Crippen molar-refractivity contribution in [3.05, 3.63) is 36.5 Å². The van der Waals surface area contributed by atoms with Gasteiger partial charge in [-0.1, -0.05) is 192 Å². The Labute approximate surface area is 475 Å². The molecule has 0 aromatic rings. The van der Waals surface area contributed by atoms with Crippen LogP contribution in [0.25, 0.3) is 0 Å². The predicted octanol–water partition coefficient (Wildman–Crippen LogP) is 14.7. The van der Waals surface area contributed by atoms with E-state index in [4.69, 9.17) is 19.3 Å². The van der Waals surface area contributed by atoms with Gasteiger partial charge in [-0.15, -0.1) is 0 Å². The maximum Gasteiger partial charge on any atom is 0.310 e. The molecule has 0 saturated heterocycles. The second kappa shape index (κ2) is 64.4. The Bertz CT molecular complexity index is 1360. The van der Waals surface area contributed by atoms with Crippen LogP contribution in [0.5, 0.6) is 0 Å². The molecule has 0 aromatic carbocycles. The molecule has 0 aromatic heterocycles. The molecule has 0 spiro atoms. The molecule has 3 unspecified atom stereocenters. The molecule has 0 amide bonds. The van der Waals surface area contributed by atoms with Gasteiger partial charge in [0.2, 0.25) is 0 Å². The van der Waals surface area contributed by atoms with Crippen LogP contribution in [0.3, 0.4) is 0 Å². The van der Waals surface area contributed by atoms with E-state index in [1.165, 1.54) is 71.6 Å². The maximum absolute atomic E-state index is 12.8. The summed E-state index contributed by atoms with van der Waals surface area (Å²) in [6.07, 6.45) is 48.9. The van der Waals surface area contributed by atoms with Crippen LogP contribution in [0.1, 0.15) is 285 Å². The first-order valence-corrected chi connectivity index (χ1v) is 31.0. The first kappa shape index (κ1) is 78.8. The SMILES string of the molecule is CC(=O)OC(C)=O.CCCCCCC(O)C/C=C/CCCCCCCC(=O)OCC(COC(=O)CCCCCCC/C=C/CC(O)CCCCCC)OC(=O)CCCCCCC/C=C/CC(O)CCCCCC.COCCO. The number of ether oxygens (including phenoxy) is 5. The summed E-state index contributed by atoms with van der Waals surface area (Å²) < 4.78 is 25.2. The highest BCUT2D eigenvalue weighted by Crippen LogP contribution is 2.15. The summed E-state index contributed by atoms with van der Waals surface area (Å²) in [7, 11) is 1.55. The van der Waals surface area contributed by atoms with Crippen molar-refractivity contribution in [2.75, 3.05) is 33.5 Å². The van der Waals surface area contributed by atoms with Crippen LogP contribution in [0, 0.1) is 0 Å². The fraction of sp³-hybridized carbons (Fsp3) is 0.828. The average Bonchev–Trinajstić information content (AvgIpc) is 3.40. The van der Waals surface area contributed by atoms with Gasteiger partial charge in [0.25, 0.3) is 0 Å². The summed E-state index contributed by atoms with van der Waals surface area (Å²) in [6, 6.07) is 0. The van der Waals surface area contributed by atoms with Gasteiger partial charge >= 0.3 is 29.8 Å². The Balaban J connectivity index is -0.00000417. The monoisotopic (exact) mass is 1110 g/mol. The minimum absolute atomic E-state index is 0.122. The number of allylic oxidation sites excluding steroid dienone is 3. The minimum atomic E-state index is -0.836. The molecule has 0 saturated carbocycles. The van der Waals surface area contributed by atoms with Crippen molar-refractivity contribution < 1.29 is 68.1 Å². The number of aliphatic hydroxyl groups excluding tert-OH is 4. The number of methoxy groups -OCH3 is 1. The van der Waals surface area contributed by atoms with Crippen LogP contribution in [0.4, 0.5) is 0 Å². The van der Waals surface area contributed by atoms with Crippen molar-refractivity contribution in [1.82, 2.24) is 0 Å². The van der Waals surface area contributed by atoms with Gasteiger partial charge in [-0.25, -0.2) is 0 Å². The fourth-order valence-corrected chi connectivity index (χ4v) is 8.24. The highest BCUT2D eigenvalue weighted by Gasteiger charge is 2.20. The molecular weight excluding hydrogens is 993 g/mol. The quantitative estimate of drug-likeness (QED) is 0.0147. The average molecular weight is 1110 g/mol. The lowest BCUT2D eigenvalue weighted by Gasteiger charge is -2.18. The maximum atomic E-state index is 12.8. The van der Waals surface area contributed by atoms with Crippen LogP contribution in [-0.2, 0) is 47.7 Å². The molecule has 4 N–H and O–H groups in total. The number of unbranched alkanes of at least 4 members (excludes halogenated alkanes) is 24. The highest BCUT2D eigenvalue weighted by molar-refractivity contribution is 5.82. The van der Waals surface area contributed by atoms with Gasteiger partial charge in [0.1, 0.15) is 13.2 Å². The highest BCUT2D eigenvalue weighted by atomic mass is 16.6. The van der Waals surface area contributed by atoms with E-state index in [0.29, 0.717) is 25.9 Å². The van der Waals surface area contributed by atoms with Crippen LogP contribution >= 0.6 is 0 Å². The van der Waals surface area contributed by atoms with E-state index in [1.807, 2.05) is 0 Å². The number of rotatable bonds is 52. The third kappa shape index (κ3) is 68.7. The van der Waals surface area contributed by atoms with Crippen LogP contribution in [0.2, 0.25) is 0 Å².